The van der Waals surface area contributed by atoms with Crippen molar-refractivity contribution in [3.8, 4) is 11.5 Å². The monoisotopic (exact) mass is 415 g/mol. The van der Waals surface area contributed by atoms with Crippen LogP contribution < -0.4 is 5.73 Å². The van der Waals surface area contributed by atoms with E-state index in [-0.39, 0.29) is 36.6 Å². The van der Waals surface area contributed by atoms with Crippen LogP contribution in [0.25, 0.3) is 11.5 Å². The lowest BCUT2D eigenvalue weighted by Crippen LogP contribution is -2.47. The smallest absolute Gasteiger partial charge is 0.239 e. The summed E-state index contributed by atoms with van der Waals surface area (Å²) in [6, 6.07) is 5.19. The van der Waals surface area contributed by atoms with Crippen molar-refractivity contribution in [3.05, 3.63) is 30.3 Å². The van der Waals surface area contributed by atoms with Crippen LogP contribution in [0.2, 0.25) is 0 Å². The van der Waals surface area contributed by atoms with Gasteiger partial charge in [-0.2, -0.15) is 4.98 Å². The molecule has 2 aromatic rings. The average molecular weight is 416 g/mol. The number of carbonyl (C=O) groups excluding carboxylic acids is 1. The number of piperidine rings is 1. The fourth-order valence-corrected chi connectivity index (χ4v) is 3.19. The highest BCUT2D eigenvalue weighted by atomic mass is 35.5. The third-order valence-electron chi connectivity index (χ3n) is 4.53. The highest BCUT2D eigenvalue weighted by Crippen LogP contribution is 2.28. The minimum absolute atomic E-state index is 0. The molecular formula is C18H27Cl2N5O2. The lowest BCUT2D eigenvalue weighted by atomic mass is 9.95. The maximum atomic E-state index is 12.4. The molecule has 1 amide bonds. The van der Waals surface area contributed by atoms with Gasteiger partial charge in [0.2, 0.25) is 17.6 Å². The summed E-state index contributed by atoms with van der Waals surface area (Å²) in [5, 5.41) is 4.03. The van der Waals surface area contributed by atoms with Crippen LogP contribution in [0.1, 0.15) is 44.9 Å². The number of aromatic nitrogens is 3. The van der Waals surface area contributed by atoms with E-state index in [4.69, 9.17) is 10.3 Å². The maximum Gasteiger partial charge on any atom is 0.239 e. The number of amides is 1. The van der Waals surface area contributed by atoms with Gasteiger partial charge in [-0.15, -0.1) is 24.8 Å². The summed E-state index contributed by atoms with van der Waals surface area (Å²) in [7, 11) is 0. The second kappa shape index (κ2) is 10.6. The van der Waals surface area contributed by atoms with Gasteiger partial charge in [0.1, 0.15) is 5.69 Å². The quantitative estimate of drug-likeness (QED) is 0.805. The molecule has 1 fully saturated rings. The molecule has 0 radical (unpaired) electrons. The van der Waals surface area contributed by atoms with Crippen LogP contribution in [-0.2, 0) is 4.79 Å². The Bertz CT molecular complexity index is 703. The largest absolute Gasteiger partial charge is 0.341 e. The molecule has 1 aliphatic rings. The lowest BCUT2D eigenvalue weighted by Gasteiger charge is -2.32. The molecule has 0 spiro atoms. The van der Waals surface area contributed by atoms with Crippen molar-refractivity contribution >= 4 is 30.7 Å². The number of halogens is 2. The Morgan fingerprint density at radius 3 is 2.59 bits per heavy atom. The van der Waals surface area contributed by atoms with Gasteiger partial charge in [-0.1, -0.05) is 25.1 Å². The van der Waals surface area contributed by atoms with Crippen molar-refractivity contribution in [2.45, 2.75) is 45.1 Å². The van der Waals surface area contributed by atoms with Crippen LogP contribution in [0.15, 0.2) is 28.9 Å². The van der Waals surface area contributed by atoms with E-state index < -0.39 is 6.04 Å². The second-order valence-electron chi connectivity index (χ2n) is 7.01. The minimum atomic E-state index is -0.407. The molecule has 0 aromatic carbocycles. The van der Waals surface area contributed by atoms with E-state index in [9.17, 15) is 4.79 Å². The molecule has 9 heteroatoms. The molecule has 2 aromatic heterocycles. The number of carbonyl (C=O) groups is 1. The van der Waals surface area contributed by atoms with E-state index in [0.717, 1.165) is 19.3 Å². The van der Waals surface area contributed by atoms with Gasteiger partial charge in [0.15, 0.2) is 0 Å². The molecule has 27 heavy (non-hydrogen) atoms. The summed E-state index contributed by atoms with van der Waals surface area (Å²) >= 11 is 0. The van der Waals surface area contributed by atoms with Gasteiger partial charge in [-0.05, 0) is 37.3 Å². The number of hydrogen-bond donors (Lipinski definition) is 1. The Hall–Kier alpha value is -1.70. The van der Waals surface area contributed by atoms with Crippen LogP contribution in [0.5, 0.6) is 0 Å². The molecular weight excluding hydrogens is 389 g/mol. The first kappa shape index (κ1) is 23.3. The number of hydrogen-bond acceptors (Lipinski definition) is 6. The molecule has 1 aliphatic heterocycles. The fraction of sp³-hybridized carbons (Fsp3) is 0.556. The second-order valence-corrected chi connectivity index (χ2v) is 7.01. The number of rotatable bonds is 5. The van der Waals surface area contributed by atoms with Crippen LogP contribution in [0, 0.1) is 5.92 Å². The van der Waals surface area contributed by atoms with Gasteiger partial charge >= 0.3 is 0 Å². The molecule has 3 rings (SSSR count). The molecule has 0 saturated carbocycles. The predicted octanol–water partition coefficient (Wildman–Crippen LogP) is 3.05. The fourth-order valence-electron chi connectivity index (χ4n) is 3.19. The first-order valence-electron chi connectivity index (χ1n) is 8.84. The number of nitrogens with two attached hydrogens (primary N) is 1. The van der Waals surface area contributed by atoms with E-state index in [1.54, 1.807) is 6.20 Å². The van der Waals surface area contributed by atoms with Crippen molar-refractivity contribution < 1.29 is 9.32 Å². The molecule has 0 aliphatic carbocycles. The van der Waals surface area contributed by atoms with Crippen molar-refractivity contribution in [1.82, 2.24) is 20.0 Å². The van der Waals surface area contributed by atoms with E-state index in [1.165, 1.54) is 0 Å². The lowest BCUT2D eigenvalue weighted by molar-refractivity contribution is -0.134. The van der Waals surface area contributed by atoms with Gasteiger partial charge in [0.05, 0.1) is 6.04 Å². The number of likely N-dealkylation sites (tertiary alicyclic amines) is 1. The summed E-state index contributed by atoms with van der Waals surface area (Å²) in [5.41, 5.74) is 6.72. The van der Waals surface area contributed by atoms with E-state index >= 15 is 0 Å². The van der Waals surface area contributed by atoms with E-state index in [1.807, 2.05) is 23.1 Å². The Kier molecular flexibility index (Phi) is 9.15. The van der Waals surface area contributed by atoms with Gasteiger partial charge < -0.3 is 15.2 Å². The third-order valence-corrected chi connectivity index (χ3v) is 4.53. The zero-order chi connectivity index (χ0) is 17.8. The summed E-state index contributed by atoms with van der Waals surface area (Å²) < 4.78 is 5.43. The van der Waals surface area contributed by atoms with Crippen molar-refractivity contribution in [2.24, 2.45) is 11.7 Å². The average Bonchev–Trinajstić information content (AvgIpc) is 3.11. The molecule has 3 heterocycles. The van der Waals surface area contributed by atoms with Crippen molar-refractivity contribution in [3.63, 3.8) is 0 Å². The standard InChI is InChI=1S/C18H25N5O2.2ClH/c1-12(2)11-14(19)18(24)23-9-6-13(7-10-23)17-21-16(22-25-17)15-5-3-4-8-20-15;;/h3-5,8,12-14H,6-7,9-11,19H2,1-2H3;2*1H/t14-;;/m0../s1. The Balaban J connectivity index is 0.00000182. The molecule has 150 valence electrons. The highest BCUT2D eigenvalue weighted by Gasteiger charge is 2.30. The third kappa shape index (κ3) is 5.89. The van der Waals surface area contributed by atoms with Gasteiger partial charge in [-0.3, -0.25) is 9.78 Å². The predicted molar refractivity (Wildman–Crippen MR) is 108 cm³/mol. The summed E-state index contributed by atoms with van der Waals surface area (Å²) in [4.78, 5) is 23.0. The summed E-state index contributed by atoms with van der Waals surface area (Å²) in [6.45, 7) is 5.51. The molecule has 1 atom stereocenters. The summed E-state index contributed by atoms with van der Waals surface area (Å²) in [5.74, 6) is 1.77. The first-order chi connectivity index (χ1) is 12.0. The van der Waals surface area contributed by atoms with Crippen LogP contribution >= 0.6 is 24.8 Å². The molecule has 7 nitrogen and oxygen atoms in total. The topological polar surface area (TPSA) is 98.1 Å². The van der Waals surface area contributed by atoms with E-state index in [0.29, 0.717) is 36.4 Å². The molecule has 2 N–H and O–H groups in total. The maximum absolute atomic E-state index is 12.4. The zero-order valence-corrected chi connectivity index (χ0v) is 17.2. The Labute approximate surface area is 171 Å². The number of pyridine rings is 1. The minimum Gasteiger partial charge on any atom is -0.341 e. The highest BCUT2D eigenvalue weighted by molar-refractivity contribution is 5.85. The zero-order valence-electron chi connectivity index (χ0n) is 15.6. The number of nitrogens with zero attached hydrogens (tertiary/aromatic N) is 4. The Morgan fingerprint density at radius 2 is 2.00 bits per heavy atom. The SMILES string of the molecule is CC(C)C[C@H](N)C(=O)N1CCC(c2nc(-c3ccccn3)no2)CC1.Cl.Cl. The van der Waals surface area contributed by atoms with Crippen molar-refractivity contribution in [1.29, 1.82) is 0 Å². The van der Waals surface area contributed by atoms with Crippen LogP contribution in [0.4, 0.5) is 0 Å². The van der Waals surface area contributed by atoms with E-state index in [2.05, 4.69) is 29.0 Å². The van der Waals surface area contributed by atoms with Gasteiger partial charge in [0.25, 0.3) is 0 Å². The van der Waals surface area contributed by atoms with Gasteiger partial charge in [0, 0.05) is 25.2 Å². The Morgan fingerprint density at radius 1 is 1.30 bits per heavy atom. The van der Waals surface area contributed by atoms with Crippen LogP contribution in [-0.4, -0.2) is 45.1 Å². The molecule has 0 bridgehead atoms. The normalized spacial score (nSPS) is 15.8. The van der Waals surface area contributed by atoms with Gasteiger partial charge in [-0.25, -0.2) is 0 Å². The molecule has 0 unspecified atom stereocenters. The van der Waals surface area contributed by atoms with Crippen molar-refractivity contribution in [2.75, 3.05) is 13.1 Å². The summed E-state index contributed by atoms with van der Waals surface area (Å²) in [6.07, 6.45) is 4.04. The molecule has 1 saturated heterocycles. The van der Waals surface area contributed by atoms with Crippen LogP contribution in [0.3, 0.4) is 0 Å². The first-order valence-corrected chi connectivity index (χ1v) is 8.84.